The highest BCUT2D eigenvalue weighted by Gasteiger charge is 2.55. The molecule has 0 spiro atoms. The van der Waals surface area contributed by atoms with Gasteiger partial charge >= 0.3 is 23.9 Å². The molecule has 1 aromatic carbocycles. The maximum absolute atomic E-state index is 12.4. The number of hydrogen-bond acceptors (Lipinski definition) is 10. The molecule has 0 saturated carbocycles. The second-order valence-corrected chi connectivity index (χ2v) is 7.32. The van der Waals surface area contributed by atoms with Gasteiger partial charge in [-0.3, -0.25) is 14.4 Å². The summed E-state index contributed by atoms with van der Waals surface area (Å²) in [5.41, 5.74) is 0.992. The minimum Gasteiger partial charge on any atom is -0.467 e. The zero-order chi connectivity index (χ0) is 23.8. The molecule has 10 heteroatoms. The van der Waals surface area contributed by atoms with Crippen LogP contribution in [0.25, 0.3) is 0 Å². The number of benzene rings is 1. The van der Waals surface area contributed by atoms with Gasteiger partial charge in [0.05, 0.1) is 13.7 Å². The van der Waals surface area contributed by atoms with Crippen molar-refractivity contribution in [2.75, 3.05) is 13.7 Å². The summed E-state index contributed by atoms with van der Waals surface area (Å²) in [6, 6.07) is 9.51. The molecule has 0 bridgehead atoms. The largest absolute Gasteiger partial charge is 0.467 e. The van der Waals surface area contributed by atoms with Gasteiger partial charge in [0, 0.05) is 26.7 Å². The summed E-state index contributed by atoms with van der Waals surface area (Å²) in [5.74, 6) is -3.17. The van der Waals surface area contributed by atoms with Crippen molar-refractivity contribution in [3.8, 4) is 0 Å². The predicted octanol–water partition coefficient (Wildman–Crippen LogP) is 1.50. The minimum absolute atomic E-state index is 0.0762. The summed E-state index contributed by atoms with van der Waals surface area (Å²) in [4.78, 5) is 47.6. The third kappa shape index (κ3) is 6.76. The molecule has 0 amide bonds. The maximum Gasteiger partial charge on any atom is 0.339 e. The van der Waals surface area contributed by atoms with E-state index in [1.54, 1.807) is 0 Å². The first kappa shape index (κ1) is 25.3. The van der Waals surface area contributed by atoms with E-state index in [2.05, 4.69) is 0 Å². The van der Waals surface area contributed by atoms with Gasteiger partial charge in [0.1, 0.15) is 0 Å². The fourth-order valence-electron chi connectivity index (χ4n) is 3.33. The zero-order valence-corrected chi connectivity index (χ0v) is 18.6. The Morgan fingerprint density at radius 3 is 1.94 bits per heavy atom. The molecule has 1 unspecified atom stereocenters. The molecule has 0 radical (unpaired) electrons. The SMILES string of the molecule is COC(=O)[C@H]1O[C@@H](OCC(C)c2ccccc2)[C@H](OC(C)=O)[C@@H](OC(C)=O)[C@@H]1OC(C)=O. The van der Waals surface area contributed by atoms with Gasteiger partial charge in [-0.05, 0) is 5.56 Å². The molecule has 32 heavy (non-hydrogen) atoms. The van der Waals surface area contributed by atoms with Gasteiger partial charge in [-0.15, -0.1) is 0 Å². The van der Waals surface area contributed by atoms with E-state index in [4.69, 9.17) is 28.4 Å². The van der Waals surface area contributed by atoms with E-state index in [1.807, 2.05) is 37.3 Å². The Hall–Kier alpha value is -2.98. The van der Waals surface area contributed by atoms with Crippen molar-refractivity contribution in [3.05, 3.63) is 35.9 Å². The maximum atomic E-state index is 12.4. The number of methoxy groups -OCH3 is 1. The van der Waals surface area contributed by atoms with Crippen LogP contribution >= 0.6 is 0 Å². The average Bonchev–Trinajstić information content (AvgIpc) is 2.74. The molecule has 0 aromatic heterocycles. The third-order valence-electron chi connectivity index (χ3n) is 4.71. The lowest BCUT2D eigenvalue weighted by molar-refractivity contribution is -0.302. The Morgan fingerprint density at radius 2 is 1.41 bits per heavy atom. The lowest BCUT2D eigenvalue weighted by Crippen LogP contribution is -2.63. The highest BCUT2D eigenvalue weighted by molar-refractivity contribution is 5.77. The average molecular weight is 452 g/mol. The molecule has 1 aromatic rings. The first-order chi connectivity index (χ1) is 15.1. The van der Waals surface area contributed by atoms with Gasteiger partial charge < -0.3 is 28.4 Å². The van der Waals surface area contributed by atoms with Gasteiger partial charge in [-0.2, -0.15) is 0 Å². The second-order valence-electron chi connectivity index (χ2n) is 7.32. The second kappa shape index (κ2) is 11.6. The normalized spacial score (nSPS) is 25.8. The van der Waals surface area contributed by atoms with Crippen LogP contribution in [0, 0.1) is 0 Å². The van der Waals surface area contributed by atoms with Crippen molar-refractivity contribution in [3.63, 3.8) is 0 Å². The van der Waals surface area contributed by atoms with Gasteiger partial charge in [0.25, 0.3) is 0 Å². The van der Waals surface area contributed by atoms with E-state index < -0.39 is 54.6 Å². The van der Waals surface area contributed by atoms with Crippen LogP contribution in [0.15, 0.2) is 30.3 Å². The summed E-state index contributed by atoms with van der Waals surface area (Å²) < 4.78 is 32.2. The van der Waals surface area contributed by atoms with Gasteiger partial charge in [-0.1, -0.05) is 37.3 Å². The quantitative estimate of drug-likeness (QED) is 0.423. The van der Waals surface area contributed by atoms with Crippen molar-refractivity contribution in [1.29, 1.82) is 0 Å². The molecule has 1 saturated heterocycles. The van der Waals surface area contributed by atoms with Crippen molar-refractivity contribution >= 4 is 23.9 Å². The van der Waals surface area contributed by atoms with Crippen LogP contribution in [-0.4, -0.2) is 68.3 Å². The first-order valence-corrected chi connectivity index (χ1v) is 10.1. The number of carbonyl (C=O) groups is 4. The number of ether oxygens (including phenoxy) is 6. The van der Waals surface area contributed by atoms with E-state index in [1.165, 1.54) is 0 Å². The molecule has 1 heterocycles. The van der Waals surface area contributed by atoms with Gasteiger partial charge in [-0.25, -0.2) is 4.79 Å². The first-order valence-electron chi connectivity index (χ1n) is 10.1. The van der Waals surface area contributed by atoms with Crippen molar-refractivity contribution in [1.82, 2.24) is 0 Å². The molecule has 1 aliphatic rings. The molecule has 1 fully saturated rings. The Bertz CT molecular complexity index is 808. The lowest BCUT2D eigenvalue weighted by atomic mass is 9.97. The molecule has 176 valence electrons. The lowest BCUT2D eigenvalue weighted by Gasteiger charge is -2.43. The Labute approximate surface area is 186 Å². The topological polar surface area (TPSA) is 124 Å². The summed E-state index contributed by atoms with van der Waals surface area (Å²) >= 11 is 0. The monoisotopic (exact) mass is 452 g/mol. The molecule has 10 nitrogen and oxygen atoms in total. The Balaban J connectivity index is 2.35. The van der Waals surface area contributed by atoms with Crippen LogP contribution in [0.4, 0.5) is 0 Å². The van der Waals surface area contributed by atoms with E-state index >= 15 is 0 Å². The zero-order valence-electron chi connectivity index (χ0n) is 18.6. The van der Waals surface area contributed by atoms with E-state index in [0.29, 0.717) is 0 Å². The van der Waals surface area contributed by atoms with Gasteiger partial charge in [0.2, 0.25) is 0 Å². The van der Waals surface area contributed by atoms with E-state index in [-0.39, 0.29) is 12.5 Å². The minimum atomic E-state index is -1.47. The van der Waals surface area contributed by atoms with Crippen LogP contribution < -0.4 is 0 Å². The third-order valence-corrected chi connectivity index (χ3v) is 4.71. The highest BCUT2D eigenvalue weighted by Crippen LogP contribution is 2.31. The van der Waals surface area contributed by atoms with Crippen molar-refractivity contribution < 1.29 is 47.6 Å². The van der Waals surface area contributed by atoms with Crippen LogP contribution in [0.2, 0.25) is 0 Å². The molecular formula is C22H28O10. The van der Waals surface area contributed by atoms with E-state index in [9.17, 15) is 19.2 Å². The number of hydrogen-bond donors (Lipinski definition) is 0. The molecule has 6 atom stereocenters. The van der Waals surface area contributed by atoms with Crippen molar-refractivity contribution in [2.45, 2.75) is 64.3 Å². The summed E-state index contributed by atoms with van der Waals surface area (Å²) in [6.45, 7) is 5.45. The number of rotatable bonds is 8. The van der Waals surface area contributed by atoms with Crippen LogP contribution in [0.3, 0.4) is 0 Å². The Morgan fingerprint density at radius 1 is 0.875 bits per heavy atom. The van der Waals surface area contributed by atoms with E-state index in [0.717, 1.165) is 33.4 Å². The van der Waals surface area contributed by atoms with Crippen LogP contribution in [-0.2, 0) is 47.6 Å². The van der Waals surface area contributed by atoms with Crippen molar-refractivity contribution in [2.24, 2.45) is 0 Å². The smallest absolute Gasteiger partial charge is 0.339 e. The number of esters is 4. The summed E-state index contributed by atoms with van der Waals surface area (Å²) in [6.07, 6.45) is -6.86. The van der Waals surface area contributed by atoms with Gasteiger partial charge in [0.15, 0.2) is 30.7 Å². The van der Waals surface area contributed by atoms with Crippen LogP contribution in [0.1, 0.15) is 39.2 Å². The predicted molar refractivity (Wildman–Crippen MR) is 108 cm³/mol. The summed E-state index contributed by atoms with van der Waals surface area (Å²) in [5, 5.41) is 0. The molecular weight excluding hydrogens is 424 g/mol. The standard InChI is InChI=1S/C22H28O10/c1-12(16-9-7-6-8-10-16)11-28-22-20(31-15(4)25)18(30-14(3)24)17(29-13(2)23)19(32-22)21(26)27-5/h6-10,12,17-20,22H,11H2,1-5H3/t12?,17-,18-,19-,20+,22+/m0/s1. The summed E-state index contributed by atoms with van der Waals surface area (Å²) in [7, 11) is 1.13. The fourth-order valence-corrected chi connectivity index (χ4v) is 3.33. The molecule has 0 N–H and O–H groups in total. The highest BCUT2D eigenvalue weighted by atomic mass is 16.7. The molecule has 2 rings (SSSR count). The van der Waals surface area contributed by atoms with Crippen LogP contribution in [0.5, 0.6) is 0 Å². The molecule has 0 aliphatic carbocycles. The number of carbonyl (C=O) groups excluding carboxylic acids is 4. The molecule has 1 aliphatic heterocycles. The Kier molecular flexibility index (Phi) is 9.15. The fraction of sp³-hybridized carbons (Fsp3) is 0.545.